The molecule has 0 aromatic rings. The third-order valence-electron chi connectivity index (χ3n) is 2.84. The van der Waals surface area contributed by atoms with Crippen molar-refractivity contribution in [2.24, 2.45) is 5.92 Å². The molecule has 14 heavy (non-hydrogen) atoms. The van der Waals surface area contributed by atoms with Crippen molar-refractivity contribution >= 4 is 17.5 Å². The summed E-state index contributed by atoms with van der Waals surface area (Å²) < 4.78 is 0. The molecule has 0 heterocycles. The fraction of sp³-hybridized carbons (Fsp3) is 0.909. The molecule has 1 aliphatic carbocycles. The summed E-state index contributed by atoms with van der Waals surface area (Å²) in [6.07, 6.45) is 6.23. The molecule has 1 N–H and O–H groups in total. The van der Waals surface area contributed by atoms with Gasteiger partial charge in [0.05, 0.1) is 0 Å². The van der Waals surface area contributed by atoms with Gasteiger partial charge in [-0.25, -0.2) is 0 Å². The zero-order valence-corrected chi connectivity index (χ0v) is 9.65. The lowest BCUT2D eigenvalue weighted by molar-refractivity contribution is -0.122. The summed E-state index contributed by atoms with van der Waals surface area (Å²) in [5.74, 6) is 1.51. The van der Waals surface area contributed by atoms with E-state index >= 15 is 0 Å². The van der Waals surface area contributed by atoms with Crippen LogP contribution in [0.2, 0.25) is 0 Å². The molecule has 0 radical (unpaired) electrons. The fourth-order valence-electron chi connectivity index (χ4n) is 2.09. The van der Waals surface area contributed by atoms with Crippen LogP contribution in [-0.2, 0) is 4.79 Å². The highest BCUT2D eigenvalue weighted by atomic mass is 35.5. The Morgan fingerprint density at radius 2 is 2.29 bits per heavy atom. The number of carbonyl (C=O) groups excluding carboxylic acids is 1. The molecule has 1 rings (SSSR count). The molecule has 0 aliphatic heterocycles. The van der Waals surface area contributed by atoms with Gasteiger partial charge in [0.2, 0.25) is 5.91 Å². The first-order chi connectivity index (χ1) is 6.72. The summed E-state index contributed by atoms with van der Waals surface area (Å²) >= 11 is 5.53. The Hall–Kier alpha value is -0.240. The average molecular weight is 218 g/mol. The summed E-state index contributed by atoms with van der Waals surface area (Å²) in [6.45, 7) is 2.26. The smallest absolute Gasteiger partial charge is 0.220 e. The molecular formula is C11H20ClNO. The van der Waals surface area contributed by atoms with E-state index in [2.05, 4.69) is 12.2 Å². The molecule has 0 bridgehead atoms. The van der Waals surface area contributed by atoms with Gasteiger partial charge >= 0.3 is 0 Å². The van der Waals surface area contributed by atoms with E-state index in [0.717, 1.165) is 25.2 Å². The number of alkyl halides is 1. The summed E-state index contributed by atoms with van der Waals surface area (Å²) in [7, 11) is 0. The van der Waals surface area contributed by atoms with E-state index in [4.69, 9.17) is 11.6 Å². The number of hydrogen-bond donors (Lipinski definition) is 1. The lowest BCUT2D eigenvalue weighted by atomic mass is 9.87. The molecule has 1 aliphatic rings. The Kier molecular flexibility index (Phi) is 5.31. The molecule has 0 saturated heterocycles. The number of nitrogens with one attached hydrogen (secondary N) is 1. The van der Waals surface area contributed by atoms with Crippen LogP contribution in [0.5, 0.6) is 0 Å². The number of amides is 1. The van der Waals surface area contributed by atoms with Crippen LogP contribution in [0.4, 0.5) is 0 Å². The fourth-order valence-corrected chi connectivity index (χ4v) is 2.23. The molecule has 2 nitrogen and oxygen atoms in total. The molecule has 0 aromatic heterocycles. The number of hydrogen-bond acceptors (Lipinski definition) is 1. The van der Waals surface area contributed by atoms with Crippen molar-refractivity contribution in [1.82, 2.24) is 5.32 Å². The highest BCUT2D eigenvalue weighted by molar-refractivity contribution is 6.17. The van der Waals surface area contributed by atoms with Crippen molar-refractivity contribution in [1.29, 1.82) is 0 Å². The summed E-state index contributed by atoms with van der Waals surface area (Å²) in [5, 5.41) is 3.09. The Balaban J connectivity index is 2.18. The van der Waals surface area contributed by atoms with Gasteiger partial charge in [0, 0.05) is 18.3 Å². The van der Waals surface area contributed by atoms with Crippen molar-refractivity contribution in [3.05, 3.63) is 0 Å². The van der Waals surface area contributed by atoms with Gasteiger partial charge in [-0.2, -0.15) is 0 Å². The number of halogens is 1. The van der Waals surface area contributed by atoms with Crippen molar-refractivity contribution in [2.75, 3.05) is 5.88 Å². The maximum absolute atomic E-state index is 11.4. The van der Waals surface area contributed by atoms with Crippen LogP contribution in [0, 0.1) is 5.92 Å². The Labute approximate surface area is 91.4 Å². The second-order valence-corrected chi connectivity index (χ2v) is 4.71. The number of carbonyl (C=O) groups is 1. The van der Waals surface area contributed by atoms with Gasteiger partial charge in [0.25, 0.3) is 0 Å². The largest absolute Gasteiger partial charge is 0.353 e. The monoisotopic (exact) mass is 217 g/mol. The zero-order chi connectivity index (χ0) is 10.4. The first-order valence-corrected chi connectivity index (χ1v) is 6.11. The van der Waals surface area contributed by atoms with Crippen LogP contribution >= 0.6 is 11.6 Å². The summed E-state index contributed by atoms with van der Waals surface area (Å²) in [6, 6.07) is 0.418. The lowest BCUT2D eigenvalue weighted by Crippen LogP contribution is -2.37. The van der Waals surface area contributed by atoms with Gasteiger partial charge in [-0.3, -0.25) is 4.79 Å². The zero-order valence-electron chi connectivity index (χ0n) is 8.89. The third-order valence-corrected chi connectivity index (χ3v) is 3.11. The van der Waals surface area contributed by atoms with Gasteiger partial charge in [-0.1, -0.05) is 19.8 Å². The topological polar surface area (TPSA) is 29.1 Å². The van der Waals surface area contributed by atoms with E-state index in [-0.39, 0.29) is 5.91 Å². The van der Waals surface area contributed by atoms with Gasteiger partial charge in [-0.15, -0.1) is 11.6 Å². The van der Waals surface area contributed by atoms with Gasteiger partial charge in [0.15, 0.2) is 0 Å². The van der Waals surface area contributed by atoms with Crippen LogP contribution in [0.25, 0.3) is 0 Å². The summed E-state index contributed by atoms with van der Waals surface area (Å²) in [5.41, 5.74) is 0. The van der Waals surface area contributed by atoms with E-state index in [1.807, 2.05) is 0 Å². The second-order valence-electron chi connectivity index (χ2n) is 4.33. The predicted octanol–water partition coefficient (Wildman–Crippen LogP) is 2.70. The standard InChI is InChI=1S/C11H20ClNO/c1-9-4-2-5-10(8-9)13-11(14)6-3-7-12/h9-10H,2-8H2,1H3,(H,13,14). The van der Waals surface area contributed by atoms with E-state index in [0.29, 0.717) is 18.3 Å². The molecule has 82 valence electrons. The van der Waals surface area contributed by atoms with E-state index in [1.165, 1.54) is 12.8 Å². The van der Waals surface area contributed by atoms with Crippen LogP contribution in [-0.4, -0.2) is 17.8 Å². The van der Waals surface area contributed by atoms with Crippen LogP contribution in [0.1, 0.15) is 45.4 Å². The van der Waals surface area contributed by atoms with Gasteiger partial charge in [-0.05, 0) is 25.2 Å². The maximum atomic E-state index is 11.4. The van der Waals surface area contributed by atoms with E-state index in [9.17, 15) is 4.79 Å². The third kappa shape index (κ3) is 4.32. The van der Waals surface area contributed by atoms with E-state index < -0.39 is 0 Å². The molecule has 0 spiro atoms. The Bertz CT molecular complexity index is 184. The predicted molar refractivity (Wildman–Crippen MR) is 59.5 cm³/mol. The first kappa shape index (κ1) is 11.8. The Morgan fingerprint density at radius 3 is 2.93 bits per heavy atom. The SMILES string of the molecule is CC1CCCC(NC(=O)CCCCl)C1. The molecule has 0 aromatic carbocycles. The highest BCUT2D eigenvalue weighted by Gasteiger charge is 2.19. The van der Waals surface area contributed by atoms with Crippen molar-refractivity contribution < 1.29 is 4.79 Å². The van der Waals surface area contributed by atoms with Crippen molar-refractivity contribution in [2.45, 2.75) is 51.5 Å². The van der Waals surface area contributed by atoms with Gasteiger partial charge < -0.3 is 5.32 Å². The van der Waals surface area contributed by atoms with Crippen LogP contribution < -0.4 is 5.32 Å². The average Bonchev–Trinajstić information content (AvgIpc) is 2.15. The maximum Gasteiger partial charge on any atom is 0.220 e. The minimum absolute atomic E-state index is 0.171. The highest BCUT2D eigenvalue weighted by Crippen LogP contribution is 2.23. The normalized spacial score (nSPS) is 27.3. The molecule has 1 fully saturated rings. The minimum atomic E-state index is 0.171. The molecule has 2 atom stereocenters. The molecule has 1 saturated carbocycles. The molecule has 1 amide bonds. The Morgan fingerprint density at radius 1 is 1.50 bits per heavy atom. The van der Waals surface area contributed by atoms with Gasteiger partial charge in [0.1, 0.15) is 0 Å². The molecule has 2 unspecified atom stereocenters. The molecular weight excluding hydrogens is 198 g/mol. The lowest BCUT2D eigenvalue weighted by Gasteiger charge is -2.27. The quantitative estimate of drug-likeness (QED) is 0.721. The second kappa shape index (κ2) is 6.28. The molecule has 3 heteroatoms. The minimum Gasteiger partial charge on any atom is -0.353 e. The van der Waals surface area contributed by atoms with Crippen LogP contribution in [0.15, 0.2) is 0 Å². The van der Waals surface area contributed by atoms with Crippen molar-refractivity contribution in [3.63, 3.8) is 0 Å². The van der Waals surface area contributed by atoms with E-state index in [1.54, 1.807) is 0 Å². The van der Waals surface area contributed by atoms with Crippen molar-refractivity contribution in [3.8, 4) is 0 Å². The summed E-state index contributed by atoms with van der Waals surface area (Å²) in [4.78, 5) is 11.4. The van der Waals surface area contributed by atoms with Crippen LogP contribution in [0.3, 0.4) is 0 Å². The first-order valence-electron chi connectivity index (χ1n) is 5.57. The number of rotatable bonds is 4.